The maximum atomic E-state index is 12.6. The highest BCUT2D eigenvalue weighted by molar-refractivity contribution is 9.10. The third-order valence-corrected chi connectivity index (χ3v) is 4.56. The lowest BCUT2D eigenvalue weighted by molar-refractivity contribution is -0.138. The summed E-state index contributed by atoms with van der Waals surface area (Å²) in [6.07, 6.45) is 2.26. The number of ether oxygens (including phenoxy) is 1. The zero-order chi connectivity index (χ0) is 14.8. The van der Waals surface area contributed by atoms with Gasteiger partial charge in [-0.05, 0) is 38.0 Å². The minimum atomic E-state index is 0. The fourth-order valence-corrected chi connectivity index (χ4v) is 3.03. The molecule has 0 atom stereocenters. The molecule has 0 aromatic heterocycles. The minimum absolute atomic E-state index is 0. The van der Waals surface area contributed by atoms with Crippen molar-refractivity contribution >= 4 is 34.2 Å². The molecular formula is C16H22BrClN2O2. The van der Waals surface area contributed by atoms with Gasteiger partial charge in [-0.15, -0.1) is 12.4 Å². The number of nitrogens with one attached hydrogen (secondary N) is 1. The maximum absolute atomic E-state index is 12.6. The first-order valence-electron chi connectivity index (χ1n) is 7.61. The van der Waals surface area contributed by atoms with Crippen molar-refractivity contribution in [1.29, 1.82) is 0 Å². The molecule has 1 saturated carbocycles. The third kappa shape index (κ3) is 3.94. The number of carbonyl (C=O) groups is 1. The molecule has 22 heavy (non-hydrogen) atoms. The van der Waals surface area contributed by atoms with Crippen LogP contribution >= 0.6 is 28.3 Å². The van der Waals surface area contributed by atoms with Crippen LogP contribution in [0.25, 0.3) is 0 Å². The molecule has 2 fully saturated rings. The SMILES string of the molecule is CCOc1ccc(Br)cc1CN(C(=O)C1CNC1)C1CC1.Cl. The molecule has 1 heterocycles. The van der Waals surface area contributed by atoms with Gasteiger partial charge in [0.05, 0.1) is 12.5 Å². The number of nitrogens with zero attached hydrogens (tertiary/aromatic N) is 1. The normalized spacial score (nSPS) is 17.4. The predicted molar refractivity (Wildman–Crippen MR) is 92.5 cm³/mol. The Morgan fingerprint density at radius 2 is 2.14 bits per heavy atom. The first-order valence-corrected chi connectivity index (χ1v) is 8.40. The molecule has 1 amide bonds. The number of benzene rings is 1. The van der Waals surface area contributed by atoms with E-state index in [-0.39, 0.29) is 18.3 Å². The minimum Gasteiger partial charge on any atom is -0.494 e. The van der Waals surface area contributed by atoms with Gasteiger partial charge in [0.25, 0.3) is 0 Å². The first-order chi connectivity index (χ1) is 10.2. The van der Waals surface area contributed by atoms with Crippen molar-refractivity contribution in [2.45, 2.75) is 32.4 Å². The second kappa shape index (κ2) is 7.66. The van der Waals surface area contributed by atoms with Crippen LogP contribution in [-0.2, 0) is 11.3 Å². The number of hydrogen-bond acceptors (Lipinski definition) is 3. The van der Waals surface area contributed by atoms with Gasteiger partial charge < -0.3 is 15.0 Å². The molecule has 1 saturated heterocycles. The molecule has 6 heteroatoms. The smallest absolute Gasteiger partial charge is 0.228 e. The van der Waals surface area contributed by atoms with E-state index in [1.807, 2.05) is 19.1 Å². The van der Waals surface area contributed by atoms with Gasteiger partial charge in [-0.25, -0.2) is 0 Å². The maximum Gasteiger partial charge on any atom is 0.228 e. The summed E-state index contributed by atoms with van der Waals surface area (Å²) in [6.45, 7) is 4.90. The number of carbonyl (C=O) groups excluding carboxylic acids is 1. The van der Waals surface area contributed by atoms with Crippen LogP contribution in [0.3, 0.4) is 0 Å². The first kappa shape index (κ1) is 17.6. The highest BCUT2D eigenvalue weighted by atomic mass is 79.9. The highest BCUT2D eigenvalue weighted by Crippen LogP contribution is 2.33. The number of amides is 1. The van der Waals surface area contributed by atoms with E-state index in [4.69, 9.17) is 4.74 Å². The van der Waals surface area contributed by atoms with E-state index in [1.165, 1.54) is 0 Å². The molecule has 1 aliphatic carbocycles. The Morgan fingerprint density at radius 1 is 1.41 bits per heavy atom. The van der Waals surface area contributed by atoms with Crippen LogP contribution in [-0.4, -0.2) is 36.5 Å². The molecule has 0 bridgehead atoms. The van der Waals surface area contributed by atoms with E-state index in [0.717, 1.165) is 41.7 Å². The molecule has 1 aromatic carbocycles. The average molecular weight is 390 g/mol. The zero-order valence-electron chi connectivity index (χ0n) is 12.7. The van der Waals surface area contributed by atoms with E-state index in [1.54, 1.807) is 0 Å². The van der Waals surface area contributed by atoms with Crippen LogP contribution in [0.5, 0.6) is 5.75 Å². The monoisotopic (exact) mass is 388 g/mol. The van der Waals surface area contributed by atoms with E-state index in [9.17, 15) is 4.79 Å². The molecular weight excluding hydrogens is 368 g/mol. The fourth-order valence-electron chi connectivity index (χ4n) is 2.62. The molecule has 1 aliphatic heterocycles. The van der Waals surface area contributed by atoms with E-state index >= 15 is 0 Å². The van der Waals surface area contributed by atoms with Gasteiger partial charge in [0, 0.05) is 35.7 Å². The second-order valence-electron chi connectivity index (χ2n) is 5.74. The van der Waals surface area contributed by atoms with Gasteiger partial charge in [-0.2, -0.15) is 0 Å². The zero-order valence-corrected chi connectivity index (χ0v) is 15.1. The lowest BCUT2D eigenvalue weighted by Crippen LogP contribution is -2.52. The summed E-state index contributed by atoms with van der Waals surface area (Å²) < 4.78 is 6.73. The van der Waals surface area contributed by atoms with Crippen LogP contribution in [0, 0.1) is 5.92 Å². The summed E-state index contributed by atoms with van der Waals surface area (Å²) >= 11 is 3.51. The quantitative estimate of drug-likeness (QED) is 0.813. The average Bonchev–Trinajstić information content (AvgIpc) is 3.21. The number of halogens is 2. The topological polar surface area (TPSA) is 41.6 Å². The molecule has 0 unspecified atom stereocenters. The number of hydrogen-bond donors (Lipinski definition) is 1. The van der Waals surface area contributed by atoms with Gasteiger partial charge >= 0.3 is 0 Å². The van der Waals surface area contributed by atoms with Gasteiger partial charge in [0.1, 0.15) is 5.75 Å². The van der Waals surface area contributed by atoms with Crippen LogP contribution < -0.4 is 10.1 Å². The van der Waals surface area contributed by atoms with Crippen molar-refractivity contribution in [2.75, 3.05) is 19.7 Å². The van der Waals surface area contributed by atoms with Gasteiger partial charge in [-0.1, -0.05) is 15.9 Å². The van der Waals surface area contributed by atoms with Crippen molar-refractivity contribution in [1.82, 2.24) is 10.2 Å². The van der Waals surface area contributed by atoms with Gasteiger partial charge in [0.2, 0.25) is 5.91 Å². The summed E-state index contributed by atoms with van der Waals surface area (Å²) in [5.74, 6) is 1.33. The Bertz CT molecular complexity index is 533. The van der Waals surface area contributed by atoms with Crippen molar-refractivity contribution in [2.24, 2.45) is 5.92 Å². The molecule has 122 valence electrons. The lowest BCUT2D eigenvalue weighted by atomic mass is 10.0. The Kier molecular flexibility index (Phi) is 6.12. The molecule has 1 N–H and O–H groups in total. The summed E-state index contributed by atoms with van der Waals surface area (Å²) in [7, 11) is 0. The number of rotatable bonds is 6. The highest BCUT2D eigenvalue weighted by Gasteiger charge is 2.38. The van der Waals surface area contributed by atoms with Crippen LogP contribution in [0.2, 0.25) is 0 Å². The van der Waals surface area contributed by atoms with Crippen LogP contribution in [0.4, 0.5) is 0 Å². The van der Waals surface area contributed by atoms with Crippen molar-refractivity contribution in [3.63, 3.8) is 0 Å². The van der Waals surface area contributed by atoms with Gasteiger partial charge in [-0.3, -0.25) is 4.79 Å². The molecule has 4 nitrogen and oxygen atoms in total. The largest absolute Gasteiger partial charge is 0.494 e. The summed E-state index contributed by atoms with van der Waals surface area (Å²) in [5, 5.41) is 3.18. The fraction of sp³-hybridized carbons (Fsp3) is 0.562. The predicted octanol–water partition coefficient (Wildman–Crippen LogP) is 2.98. The Hall–Kier alpha value is -0.780. The van der Waals surface area contributed by atoms with Crippen LogP contribution in [0.15, 0.2) is 22.7 Å². The van der Waals surface area contributed by atoms with Gasteiger partial charge in [0.15, 0.2) is 0 Å². The second-order valence-corrected chi connectivity index (χ2v) is 6.65. The standard InChI is InChI=1S/C16H21BrN2O2.ClH/c1-2-21-15-6-3-13(17)7-11(15)10-19(14-4-5-14)16(20)12-8-18-9-12;/h3,6-7,12,14,18H,2,4-5,8-10H2,1H3;1H. The van der Waals surface area contributed by atoms with Crippen molar-refractivity contribution in [3.05, 3.63) is 28.2 Å². The van der Waals surface area contributed by atoms with Crippen molar-refractivity contribution < 1.29 is 9.53 Å². The summed E-state index contributed by atoms with van der Waals surface area (Å²) in [5.41, 5.74) is 1.08. The molecule has 3 rings (SSSR count). The van der Waals surface area contributed by atoms with Crippen molar-refractivity contribution in [3.8, 4) is 5.75 Å². The third-order valence-electron chi connectivity index (χ3n) is 4.06. The molecule has 0 radical (unpaired) electrons. The lowest BCUT2D eigenvalue weighted by Gasteiger charge is -2.33. The Morgan fingerprint density at radius 3 is 2.68 bits per heavy atom. The summed E-state index contributed by atoms with van der Waals surface area (Å²) in [6, 6.07) is 6.44. The Balaban J connectivity index is 0.00000176. The van der Waals surface area contributed by atoms with E-state index < -0.39 is 0 Å². The van der Waals surface area contributed by atoms with Crippen LogP contribution in [0.1, 0.15) is 25.3 Å². The molecule has 1 aromatic rings. The van der Waals surface area contributed by atoms with E-state index in [2.05, 4.69) is 32.2 Å². The molecule has 2 aliphatic rings. The molecule has 0 spiro atoms. The van der Waals surface area contributed by atoms with E-state index in [0.29, 0.717) is 25.1 Å². The summed E-state index contributed by atoms with van der Waals surface area (Å²) in [4.78, 5) is 14.7. The Labute approximate surface area is 146 Å².